The summed E-state index contributed by atoms with van der Waals surface area (Å²) in [5, 5.41) is 0. The van der Waals surface area contributed by atoms with Crippen molar-refractivity contribution in [1.82, 2.24) is 4.98 Å². The molecule has 0 atom stereocenters. The van der Waals surface area contributed by atoms with Crippen molar-refractivity contribution < 1.29 is 8.78 Å². The third-order valence-electron chi connectivity index (χ3n) is 1.52. The minimum absolute atomic E-state index is 0.0403. The highest BCUT2D eigenvalue weighted by atomic mass is 127. The van der Waals surface area contributed by atoms with Crippen LogP contribution in [0.25, 0.3) is 0 Å². The predicted octanol–water partition coefficient (Wildman–Crippen LogP) is 2.69. The lowest BCUT2D eigenvalue weighted by Gasteiger charge is -2.08. The Labute approximate surface area is 102 Å². The van der Waals surface area contributed by atoms with E-state index in [2.05, 4.69) is 4.98 Å². The van der Waals surface area contributed by atoms with Crippen molar-refractivity contribution in [2.24, 2.45) is 5.73 Å². The zero-order chi connectivity index (χ0) is 10.0. The summed E-state index contributed by atoms with van der Waals surface area (Å²) in [7, 11) is 0. The molecule has 1 aromatic heterocycles. The van der Waals surface area contributed by atoms with Crippen LogP contribution in [0.15, 0.2) is 6.20 Å². The van der Waals surface area contributed by atoms with Crippen molar-refractivity contribution in [3.8, 4) is 0 Å². The minimum atomic E-state index is -2.48. The summed E-state index contributed by atoms with van der Waals surface area (Å²) in [5.41, 5.74) is 6.08. The predicted molar refractivity (Wildman–Crippen MR) is 62.5 cm³/mol. The topological polar surface area (TPSA) is 38.9 Å². The van der Waals surface area contributed by atoms with Gasteiger partial charge in [0.2, 0.25) is 0 Å². The number of aromatic nitrogens is 1. The highest BCUT2D eigenvalue weighted by Crippen LogP contribution is 2.27. The van der Waals surface area contributed by atoms with Crippen LogP contribution in [-0.4, -0.2) is 4.98 Å². The molecule has 0 amide bonds. The van der Waals surface area contributed by atoms with E-state index in [4.69, 9.17) is 5.73 Å². The number of pyridine rings is 1. The molecule has 0 aliphatic carbocycles. The van der Waals surface area contributed by atoms with Crippen LogP contribution in [0.3, 0.4) is 0 Å². The number of halogens is 4. The zero-order valence-corrected chi connectivity index (χ0v) is 10.7. The van der Waals surface area contributed by atoms with Crippen molar-refractivity contribution in [2.75, 3.05) is 0 Å². The van der Waals surface area contributed by atoms with E-state index in [1.54, 1.807) is 0 Å². The van der Waals surface area contributed by atoms with Gasteiger partial charge < -0.3 is 5.73 Å². The maximum atomic E-state index is 12.4. The number of nitrogens with zero attached hydrogens (tertiary/aromatic N) is 1. The lowest BCUT2D eigenvalue weighted by molar-refractivity contribution is 0.150. The van der Waals surface area contributed by atoms with Gasteiger partial charge in [-0.3, -0.25) is 0 Å². The SMILES string of the molecule is NCc1c(I)ncc(C(F)F)c1I. The molecule has 2 nitrogen and oxygen atoms in total. The molecule has 0 saturated heterocycles. The van der Waals surface area contributed by atoms with E-state index in [0.29, 0.717) is 12.8 Å². The molecule has 1 rings (SSSR count). The van der Waals surface area contributed by atoms with Crippen molar-refractivity contribution in [2.45, 2.75) is 13.0 Å². The molecule has 0 fully saturated rings. The third-order valence-corrected chi connectivity index (χ3v) is 3.73. The summed E-state index contributed by atoms with van der Waals surface area (Å²) in [6, 6.07) is 0. The number of hydrogen-bond donors (Lipinski definition) is 1. The Balaban J connectivity index is 3.27. The summed E-state index contributed by atoms with van der Waals surface area (Å²) >= 11 is 3.86. The molecule has 0 aromatic carbocycles. The fourth-order valence-corrected chi connectivity index (χ4v) is 2.85. The van der Waals surface area contributed by atoms with Crippen LogP contribution in [0, 0.1) is 7.27 Å². The first-order chi connectivity index (χ1) is 6.07. The Morgan fingerprint density at radius 3 is 2.54 bits per heavy atom. The standard InChI is InChI=1S/C7H6F2I2N2/c8-6(9)4-2-13-7(11)3(1-12)5(4)10/h2,6H,1,12H2. The molecule has 1 aromatic rings. The van der Waals surface area contributed by atoms with Gasteiger partial charge >= 0.3 is 0 Å². The maximum absolute atomic E-state index is 12.4. The van der Waals surface area contributed by atoms with E-state index >= 15 is 0 Å². The lowest BCUT2D eigenvalue weighted by atomic mass is 10.2. The molecule has 6 heteroatoms. The van der Waals surface area contributed by atoms with Crippen LogP contribution in [0.5, 0.6) is 0 Å². The Hall–Kier alpha value is 0.430. The van der Waals surface area contributed by atoms with Crippen LogP contribution in [0.2, 0.25) is 0 Å². The molecule has 0 spiro atoms. The number of hydrogen-bond acceptors (Lipinski definition) is 2. The molecule has 72 valence electrons. The quantitative estimate of drug-likeness (QED) is 0.602. The first-order valence-corrected chi connectivity index (χ1v) is 5.54. The second kappa shape index (κ2) is 4.78. The third kappa shape index (κ3) is 2.46. The van der Waals surface area contributed by atoms with Gasteiger partial charge in [-0.25, -0.2) is 13.8 Å². The van der Waals surface area contributed by atoms with Gasteiger partial charge in [0.05, 0.1) is 0 Å². The summed E-state index contributed by atoms with van der Waals surface area (Å²) in [4.78, 5) is 3.85. The van der Waals surface area contributed by atoms with Gasteiger partial charge in [0, 0.05) is 27.4 Å². The Morgan fingerprint density at radius 1 is 1.46 bits per heavy atom. The normalized spacial score (nSPS) is 10.9. The van der Waals surface area contributed by atoms with E-state index in [0.717, 1.165) is 0 Å². The van der Waals surface area contributed by atoms with Crippen LogP contribution in [0.1, 0.15) is 17.6 Å². The summed E-state index contributed by atoms with van der Waals surface area (Å²) in [5.74, 6) is 0. The second-order valence-electron chi connectivity index (χ2n) is 2.30. The molecule has 2 N–H and O–H groups in total. The van der Waals surface area contributed by atoms with Crippen molar-refractivity contribution >= 4 is 45.2 Å². The molecule has 13 heavy (non-hydrogen) atoms. The largest absolute Gasteiger partial charge is 0.326 e. The first kappa shape index (κ1) is 11.5. The Bertz CT molecular complexity index is 318. The van der Waals surface area contributed by atoms with Crippen molar-refractivity contribution in [3.63, 3.8) is 0 Å². The fraction of sp³-hybridized carbons (Fsp3) is 0.286. The fourth-order valence-electron chi connectivity index (χ4n) is 0.852. The Kier molecular flexibility index (Phi) is 4.23. The Morgan fingerprint density at radius 2 is 2.08 bits per heavy atom. The monoisotopic (exact) mass is 410 g/mol. The summed E-state index contributed by atoms with van der Waals surface area (Å²) < 4.78 is 26.0. The molecule has 0 aliphatic rings. The summed E-state index contributed by atoms with van der Waals surface area (Å²) in [6.45, 7) is 0.240. The minimum Gasteiger partial charge on any atom is -0.326 e. The lowest BCUT2D eigenvalue weighted by Crippen LogP contribution is -2.07. The van der Waals surface area contributed by atoms with Crippen molar-refractivity contribution in [3.05, 3.63) is 24.6 Å². The average molecular weight is 410 g/mol. The molecule has 0 aliphatic heterocycles. The molecule has 0 unspecified atom stereocenters. The zero-order valence-electron chi connectivity index (χ0n) is 6.40. The summed E-state index contributed by atoms with van der Waals surface area (Å²) in [6.07, 6.45) is -1.28. The maximum Gasteiger partial charge on any atom is 0.266 e. The van der Waals surface area contributed by atoms with Gasteiger partial charge in [-0.05, 0) is 45.2 Å². The highest BCUT2D eigenvalue weighted by molar-refractivity contribution is 14.1. The molecular weight excluding hydrogens is 404 g/mol. The van der Waals surface area contributed by atoms with Gasteiger partial charge in [0.15, 0.2) is 0 Å². The van der Waals surface area contributed by atoms with E-state index in [1.165, 1.54) is 6.20 Å². The van der Waals surface area contributed by atoms with Gasteiger partial charge in [0.25, 0.3) is 6.43 Å². The van der Waals surface area contributed by atoms with E-state index in [9.17, 15) is 8.78 Å². The van der Waals surface area contributed by atoms with Gasteiger partial charge in [-0.1, -0.05) is 0 Å². The molecule has 1 heterocycles. The number of rotatable bonds is 2. The molecular formula is C7H6F2I2N2. The van der Waals surface area contributed by atoms with Gasteiger partial charge in [-0.15, -0.1) is 0 Å². The first-order valence-electron chi connectivity index (χ1n) is 3.39. The van der Waals surface area contributed by atoms with Gasteiger partial charge in [-0.2, -0.15) is 0 Å². The smallest absolute Gasteiger partial charge is 0.266 e. The van der Waals surface area contributed by atoms with Crippen LogP contribution < -0.4 is 5.73 Å². The molecule has 0 radical (unpaired) electrons. The highest BCUT2D eigenvalue weighted by Gasteiger charge is 2.16. The van der Waals surface area contributed by atoms with Crippen LogP contribution in [-0.2, 0) is 6.54 Å². The molecule has 0 bridgehead atoms. The van der Waals surface area contributed by atoms with E-state index in [1.807, 2.05) is 45.2 Å². The van der Waals surface area contributed by atoms with Crippen molar-refractivity contribution in [1.29, 1.82) is 0 Å². The van der Waals surface area contributed by atoms with Crippen LogP contribution in [0.4, 0.5) is 8.78 Å². The number of alkyl halides is 2. The second-order valence-corrected chi connectivity index (χ2v) is 4.40. The van der Waals surface area contributed by atoms with E-state index < -0.39 is 6.43 Å². The number of nitrogens with two attached hydrogens (primary N) is 1. The van der Waals surface area contributed by atoms with Gasteiger partial charge in [0.1, 0.15) is 3.70 Å². The van der Waals surface area contributed by atoms with E-state index in [-0.39, 0.29) is 12.1 Å². The molecule has 0 saturated carbocycles. The van der Waals surface area contributed by atoms with Crippen LogP contribution >= 0.6 is 45.2 Å². The average Bonchev–Trinajstić information content (AvgIpc) is 2.04.